The van der Waals surface area contributed by atoms with E-state index in [4.69, 9.17) is 19.4 Å². The number of hydrogen-bond donors (Lipinski definition) is 2. The fourth-order valence-corrected chi connectivity index (χ4v) is 1.69. The van der Waals surface area contributed by atoms with Crippen molar-refractivity contribution in [3.05, 3.63) is 23.2 Å². The standard InChI is InChI=1S/C12H19NO5/c1-9-11(12(15)16)7-10(18-9)8-13(3-5-14)4-6-17-2/h7,14H,3-6,8H2,1-2H3,(H,15,16). The fourth-order valence-electron chi connectivity index (χ4n) is 1.69. The maximum absolute atomic E-state index is 10.9. The lowest BCUT2D eigenvalue weighted by Crippen LogP contribution is -2.29. The largest absolute Gasteiger partial charge is 0.478 e. The SMILES string of the molecule is COCCN(CCO)Cc1cc(C(=O)O)c(C)o1. The summed E-state index contributed by atoms with van der Waals surface area (Å²) in [5.41, 5.74) is 0.181. The Balaban J connectivity index is 2.68. The first-order valence-electron chi connectivity index (χ1n) is 5.73. The Morgan fingerprint density at radius 2 is 2.22 bits per heavy atom. The fraction of sp³-hybridized carbons (Fsp3) is 0.583. The molecule has 102 valence electrons. The van der Waals surface area contributed by atoms with Gasteiger partial charge in [-0.3, -0.25) is 4.90 Å². The number of hydrogen-bond acceptors (Lipinski definition) is 5. The minimum atomic E-state index is -0.993. The Morgan fingerprint density at radius 3 is 2.72 bits per heavy atom. The summed E-state index contributed by atoms with van der Waals surface area (Å²) in [6.45, 7) is 3.81. The van der Waals surface area contributed by atoms with Gasteiger partial charge in [0.25, 0.3) is 0 Å². The van der Waals surface area contributed by atoms with Crippen molar-refractivity contribution in [3.63, 3.8) is 0 Å². The van der Waals surface area contributed by atoms with Crippen LogP contribution in [0.2, 0.25) is 0 Å². The quantitative estimate of drug-likeness (QED) is 0.714. The van der Waals surface area contributed by atoms with Crippen molar-refractivity contribution in [2.75, 3.05) is 33.4 Å². The van der Waals surface area contributed by atoms with Crippen molar-refractivity contribution < 1.29 is 24.2 Å². The van der Waals surface area contributed by atoms with Gasteiger partial charge in [-0.15, -0.1) is 0 Å². The summed E-state index contributed by atoms with van der Waals surface area (Å²) in [6.07, 6.45) is 0. The van der Waals surface area contributed by atoms with Gasteiger partial charge in [0.1, 0.15) is 17.1 Å². The van der Waals surface area contributed by atoms with Crippen molar-refractivity contribution in [1.29, 1.82) is 0 Å². The second kappa shape index (κ2) is 7.15. The number of carbonyl (C=O) groups is 1. The second-order valence-corrected chi connectivity index (χ2v) is 3.98. The van der Waals surface area contributed by atoms with Gasteiger partial charge in [0.15, 0.2) is 0 Å². The number of aliphatic hydroxyl groups is 1. The number of nitrogens with zero attached hydrogens (tertiary/aromatic N) is 1. The summed E-state index contributed by atoms with van der Waals surface area (Å²) >= 11 is 0. The molecule has 6 heteroatoms. The molecule has 18 heavy (non-hydrogen) atoms. The monoisotopic (exact) mass is 257 g/mol. The maximum Gasteiger partial charge on any atom is 0.339 e. The molecule has 0 aromatic carbocycles. The molecule has 1 heterocycles. The number of ether oxygens (including phenoxy) is 1. The Hall–Kier alpha value is -1.37. The van der Waals surface area contributed by atoms with Gasteiger partial charge in [-0.25, -0.2) is 4.79 Å². The molecule has 0 fully saturated rings. The predicted molar refractivity (Wildman–Crippen MR) is 64.6 cm³/mol. The normalized spacial score (nSPS) is 11.1. The molecule has 0 radical (unpaired) electrons. The lowest BCUT2D eigenvalue weighted by Gasteiger charge is -2.19. The van der Waals surface area contributed by atoms with Crippen LogP contribution in [0.25, 0.3) is 0 Å². The molecule has 1 aromatic rings. The van der Waals surface area contributed by atoms with E-state index in [1.165, 1.54) is 6.07 Å². The number of methoxy groups -OCH3 is 1. The molecule has 0 aliphatic carbocycles. The van der Waals surface area contributed by atoms with Crippen molar-refractivity contribution in [3.8, 4) is 0 Å². The minimum absolute atomic E-state index is 0.0369. The number of carboxylic acids is 1. The highest BCUT2D eigenvalue weighted by molar-refractivity contribution is 5.88. The molecular formula is C12H19NO5. The summed E-state index contributed by atoms with van der Waals surface area (Å²) < 4.78 is 10.4. The van der Waals surface area contributed by atoms with Crippen LogP contribution in [0.3, 0.4) is 0 Å². The number of aliphatic hydroxyl groups excluding tert-OH is 1. The average Bonchev–Trinajstić information content (AvgIpc) is 2.67. The molecular weight excluding hydrogens is 238 g/mol. The number of rotatable bonds is 8. The van der Waals surface area contributed by atoms with Crippen LogP contribution in [0.15, 0.2) is 10.5 Å². The Morgan fingerprint density at radius 1 is 1.50 bits per heavy atom. The lowest BCUT2D eigenvalue weighted by atomic mass is 10.2. The van der Waals surface area contributed by atoms with E-state index in [-0.39, 0.29) is 12.2 Å². The summed E-state index contributed by atoms with van der Waals surface area (Å²) in [5, 5.41) is 17.9. The first-order chi connectivity index (χ1) is 8.58. The summed E-state index contributed by atoms with van der Waals surface area (Å²) in [5.74, 6) is -0.0178. The third kappa shape index (κ3) is 4.14. The second-order valence-electron chi connectivity index (χ2n) is 3.98. The third-order valence-electron chi connectivity index (χ3n) is 2.61. The van der Waals surface area contributed by atoms with E-state index in [1.807, 2.05) is 4.90 Å². The van der Waals surface area contributed by atoms with Crippen molar-refractivity contribution in [1.82, 2.24) is 4.90 Å². The first kappa shape index (κ1) is 14.7. The van der Waals surface area contributed by atoms with Crippen molar-refractivity contribution >= 4 is 5.97 Å². The molecule has 0 atom stereocenters. The number of aromatic carboxylic acids is 1. The van der Waals surface area contributed by atoms with Gasteiger partial charge in [-0.1, -0.05) is 0 Å². The van der Waals surface area contributed by atoms with Gasteiger partial charge in [0.05, 0.1) is 19.8 Å². The van der Waals surface area contributed by atoms with Crippen molar-refractivity contribution in [2.24, 2.45) is 0 Å². The summed E-state index contributed by atoms with van der Waals surface area (Å²) in [6, 6.07) is 1.52. The van der Waals surface area contributed by atoms with Crippen LogP contribution in [0.5, 0.6) is 0 Å². The number of aryl methyl sites for hydroxylation is 1. The van der Waals surface area contributed by atoms with E-state index < -0.39 is 5.97 Å². The molecule has 2 N–H and O–H groups in total. The summed E-state index contributed by atoms with van der Waals surface area (Å²) in [4.78, 5) is 12.8. The van der Waals surface area contributed by atoms with Gasteiger partial charge < -0.3 is 19.4 Å². The Bertz CT molecular complexity index is 388. The zero-order valence-corrected chi connectivity index (χ0v) is 10.7. The van der Waals surface area contributed by atoms with Gasteiger partial charge in [-0.05, 0) is 13.0 Å². The molecule has 0 saturated carbocycles. The lowest BCUT2D eigenvalue weighted by molar-refractivity contribution is 0.0695. The van der Waals surface area contributed by atoms with Crippen molar-refractivity contribution in [2.45, 2.75) is 13.5 Å². The Kier molecular flexibility index (Phi) is 5.84. The van der Waals surface area contributed by atoms with Crippen LogP contribution >= 0.6 is 0 Å². The third-order valence-corrected chi connectivity index (χ3v) is 2.61. The smallest absolute Gasteiger partial charge is 0.339 e. The van der Waals surface area contributed by atoms with E-state index in [2.05, 4.69) is 0 Å². The first-order valence-corrected chi connectivity index (χ1v) is 5.73. The van der Waals surface area contributed by atoms with Crippen LogP contribution in [0, 0.1) is 6.92 Å². The van der Waals surface area contributed by atoms with Crippen LogP contribution in [-0.2, 0) is 11.3 Å². The van der Waals surface area contributed by atoms with E-state index in [9.17, 15) is 4.79 Å². The van der Waals surface area contributed by atoms with Gasteiger partial charge in [0, 0.05) is 20.2 Å². The molecule has 1 aromatic heterocycles. The van der Waals surface area contributed by atoms with Gasteiger partial charge >= 0.3 is 5.97 Å². The number of furan rings is 1. The molecule has 0 bridgehead atoms. The molecule has 0 spiro atoms. The highest BCUT2D eigenvalue weighted by Crippen LogP contribution is 2.16. The van der Waals surface area contributed by atoms with Crippen LogP contribution in [0.1, 0.15) is 21.9 Å². The molecule has 0 aliphatic heterocycles. The van der Waals surface area contributed by atoms with Crippen LogP contribution in [-0.4, -0.2) is 54.5 Å². The zero-order valence-electron chi connectivity index (χ0n) is 10.7. The van der Waals surface area contributed by atoms with Gasteiger partial charge in [0.2, 0.25) is 0 Å². The van der Waals surface area contributed by atoms with E-state index in [1.54, 1.807) is 14.0 Å². The molecule has 0 amide bonds. The Labute approximate surface area is 106 Å². The highest BCUT2D eigenvalue weighted by Gasteiger charge is 2.15. The average molecular weight is 257 g/mol. The minimum Gasteiger partial charge on any atom is -0.478 e. The summed E-state index contributed by atoms with van der Waals surface area (Å²) in [7, 11) is 1.61. The molecule has 1 rings (SSSR count). The van der Waals surface area contributed by atoms with E-state index in [0.29, 0.717) is 37.8 Å². The van der Waals surface area contributed by atoms with Crippen LogP contribution < -0.4 is 0 Å². The maximum atomic E-state index is 10.9. The molecule has 0 aliphatic rings. The highest BCUT2D eigenvalue weighted by atomic mass is 16.5. The van der Waals surface area contributed by atoms with Gasteiger partial charge in [-0.2, -0.15) is 0 Å². The van der Waals surface area contributed by atoms with Crippen LogP contribution in [0.4, 0.5) is 0 Å². The topological polar surface area (TPSA) is 83.1 Å². The van der Waals surface area contributed by atoms with E-state index in [0.717, 1.165) is 0 Å². The molecule has 0 saturated heterocycles. The van der Waals surface area contributed by atoms with E-state index >= 15 is 0 Å². The predicted octanol–water partition coefficient (Wildman–Crippen LogP) is 0.727. The number of carboxylic acid groups (broad SMARTS) is 1. The molecule has 0 unspecified atom stereocenters. The molecule has 6 nitrogen and oxygen atoms in total. The zero-order chi connectivity index (χ0) is 13.5.